The van der Waals surface area contributed by atoms with Crippen molar-refractivity contribution in [2.75, 3.05) is 0 Å². The quantitative estimate of drug-likeness (QED) is 0.608. The number of hydrogen-bond donors (Lipinski definition) is 0. The predicted molar refractivity (Wildman–Crippen MR) is 105 cm³/mol. The van der Waals surface area contributed by atoms with Crippen molar-refractivity contribution < 1.29 is 9.47 Å². The zero-order chi connectivity index (χ0) is 18.7. The normalized spacial score (nSPS) is 18.1. The van der Waals surface area contributed by atoms with Gasteiger partial charge in [-0.3, -0.25) is 4.68 Å². The Bertz CT molecular complexity index is 872. The minimum atomic E-state index is 0.0180. The Morgan fingerprint density at radius 1 is 1.00 bits per heavy atom. The molecule has 27 heavy (non-hydrogen) atoms. The number of benzene rings is 2. The number of nitrogens with zero attached hydrogens (tertiary/aromatic N) is 2. The first-order chi connectivity index (χ1) is 13.1. The lowest BCUT2D eigenvalue weighted by Gasteiger charge is -2.38. The molecule has 1 aliphatic rings. The number of ether oxygens (including phenoxy) is 2. The lowest BCUT2D eigenvalue weighted by molar-refractivity contribution is -0.0600. The SMILES string of the molecule is CC1(C)CCn2nc(COc3ccccc3)cc2C1OCc1ccccc1. The number of rotatable bonds is 6. The van der Waals surface area contributed by atoms with E-state index in [0.29, 0.717) is 13.2 Å². The summed E-state index contributed by atoms with van der Waals surface area (Å²) in [5.41, 5.74) is 3.36. The minimum Gasteiger partial charge on any atom is -0.487 e. The highest BCUT2D eigenvalue weighted by Crippen LogP contribution is 2.43. The fraction of sp³-hybridized carbons (Fsp3) is 0.348. The Kier molecular flexibility index (Phi) is 4.99. The van der Waals surface area contributed by atoms with Gasteiger partial charge in [0.25, 0.3) is 0 Å². The van der Waals surface area contributed by atoms with Gasteiger partial charge < -0.3 is 9.47 Å². The number of para-hydroxylation sites is 1. The standard InChI is InChI=1S/C23H26N2O2/c1-23(2)13-14-25-21(22(23)27-16-18-9-5-3-6-10-18)15-19(24-25)17-26-20-11-7-4-8-12-20/h3-12,15,22H,13-14,16-17H2,1-2H3. The van der Waals surface area contributed by atoms with Gasteiger partial charge in [0.2, 0.25) is 0 Å². The monoisotopic (exact) mass is 362 g/mol. The van der Waals surface area contributed by atoms with E-state index >= 15 is 0 Å². The lowest BCUT2D eigenvalue weighted by atomic mass is 9.79. The summed E-state index contributed by atoms with van der Waals surface area (Å²) >= 11 is 0. The molecule has 0 radical (unpaired) electrons. The van der Waals surface area contributed by atoms with Crippen LogP contribution in [0.5, 0.6) is 5.75 Å². The van der Waals surface area contributed by atoms with Gasteiger partial charge in [-0.1, -0.05) is 62.4 Å². The van der Waals surface area contributed by atoms with Crippen molar-refractivity contribution in [2.24, 2.45) is 5.41 Å². The van der Waals surface area contributed by atoms with Crippen LogP contribution in [-0.2, 0) is 24.5 Å². The van der Waals surface area contributed by atoms with E-state index in [1.54, 1.807) is 0 Å². The van der Waals surface area contributed by atoms with Crippen LogP contribution in [0, 0.1) is 5.41 Å². The van der Waals surface area contributed by atoms with E-state index in [1.807, 2.05) is 48.5 Å². The van der Waals surface area contributed by atoms with E-state index in [4.69, 9.17) is 14.6 Å². The number of fused-ring (bicyclic) bond motifs is 1. The third-order valence-electron chi connectivity index (χ3n) is 5.20. The molecule has 4 rings (SSSR count). The summed E-state index contributed by atoms with van der Waals surface area (Å²) in [7, 11) is 0. The van der Waals surface area contributed by atoms with Crippen LogP contribution in [0.4, 0.5) is 0 Å². The smallest absolute Gasteiger partial charge is 0.132 e. The van der Waals surface area contributed by atoms with E-state index < -0.39 is 0 Å². The molecule has 0 saturated heterocycles. The Morgan fingerprint density at radius 3 is 2.44 bits per heavy atom. The third-order valence-corrected chi connectivity index (χ3v) is 5.20. The fourth-order valence-electron chi connectivity index (χ4n) is 3.61. The van der Waals surface area contributed by atoms with Crippen LogP contribution in [0.25, 0.3) is 0 Å². The molecule has 1 unspecified atom stereocenters. The first-order valence-corrected chi connectivity index (χ1v) is 9.52. The second-order valence-electron chi connectivity index (χ2n) is 7.80. The highest BCUT2D eigenvalue weighted by molar-refractivity contribution is 5.22. The van der Waals surface area contributed by atoms with Gasteiger partial charge in [-0.25, -0.2) is 0 Å². The molecule has 2 aromatic carbocycles. The largest absolute Gasteiger partial charge is 0.487 e. The van der Waals surface area contributed by atoms with Crippen molar-refractivity contribution in [1.82, 2.24) is 9.78 Å². The van der Waals surface area contributed by atoms with Gasteiger partial charge in [-0.05, 0) is 35.6 Å². The Balaban J connectivity index is 1.50. The third kappa shape index (κ3) is 4.06. The first kappa shape index (κ1) is 17.8. The Hall–Kier alpha value is -2.59. The lowest BCUT2D eigenvalue weighted by Crippen LogP contribution is -2.33. The molecule has 3 aromatic rings. The molecule has 2 heterocycles. The fourth-order valence-corrected chi connectivity index (χ4v) is 3.61. The van der Waals surface area contributed by atoms with Gasteiger partial charge in [0, 0.05) is 6.54 Å². The van der Waals surface area contributed by atoms with E-state index in [1.165, 1.54) is 5.56 Å². The van der Waals surface area contributed by atoms with Crippen LogP contribution in [0.2, 0.25) is 0 Å². The van der Waals surface area contributed by atoms with Crippen LogP contribution in [0.1, 0.15) is 43.3 Å². The van der Waals surface area contributed by atoms with E-state index in [0.717, 1.165) is 30.1 Å². The summed E-state index contributed by atoms with van der Waals surface area (Å²) in [6.07, 6.45) is 1.06. The molecule has 1 aromatic heterocycles. The molecular weight excluding hydrogens is 336 g/mol. The summed E-state index contributed by atoms with van der Waals surface area (Å²) in [5.74, 6) is 0.862. The number of hydrogen-bond acceptors (Lipinski definition) is 3. The van der Waals surface area contributed by atoms with Crippen molar-refractivity contribution in [1.29, 1.82) is 0 Å². The minimum absolute atomic E-state index is 0.0180. The van der Waals surface area contributed by atoms with Crippen molar-refractivity contribution in [2.45, 2.75) is 46.1 Å². The maximum absolute atomic E-state index is 6.39. The van der Waals surface area contributed by atoms with Gasteiger partial charge in [-0.15, -0.1) is 0 Å². The molecular formula is C23H26N2O2. The highest BCUT2D eigenvalue weighted by atomic mass is 16.5. The molecule has 4 nitrogen and oxygen atoms in total. The average molecular weight is 362 g/mol. The summed E-state index contributed by atoms with van der Waals surface area (Å²) in [6.45, 7) is 6.54. The molecule has 0 saturated carbocycles. The molecule has 1 aliphatic heterocycles. The first-order valence-electron chi connectivity index (χ1n) is 9.52. The number of aryl methyl sites for hydroxylation is 1. The highest BCUT2D eigenvalue weighted by Gasteiger charge is 2.38. The molecule has 0 bridgehead atoms. The topological polar surface area (TPSA) is 36.3 Å². The number of aromatic nitrogens is 2. The molecule has 0 amide bonds. The zero-order valence-corrected chi connectivity index (χ0v) is 16.0. The van der Waals surface area contributed by atoms with Crippen molar-refractivity contribution >= 4 is 0 Å². The summed E-state index contributed by atoms with van der Waals surface area (Å²) < 4.78 is 14.3. The Labute approximate surface area is 160 Å². The van der Waals surface area contributed by atoms with Crippen molar-refractivity contribution in [3.63, 3.8) is 0 Å². The van der Waals surface area contributed by atoms with Crippen LogP contribution >= 0.6 is 0 Å². The maximum atomic E-state index is 6.39. The second-order valence-corrected chi connectivity index (χ2v) is 7.80. The van der Waals surface area contributed by atoms with Crippen LogP contribution in [-0.4, -0.2) is 9.78 Å². The van der Waals surface area contributed by atoms with Crippen LogP contribution in [0.15, 0.2) is 66.7 Å². The molecule has 0 aliphatic carbocycles. The average Bonchev–Trinajstić information content (AvgIpc) is 3.10. The molecule has 140 valence electrons. The summed E-state index contributed by atoms with van der Waals surface area (Å²) in [6, 6.07) is 22.3. The molecule has 1 atom stereocenters. The summed E-state index contributed by atoms with van der Waals surface area (Å²) in [5, 5.41) is 4.75. The molecule has 4 heteroatoms. The van der Waals surface area contributed by atoms with E-state index in [-0.39, 0.29) is 11.5 Å². The van der Waals surface area contributed by atoms with Gasteiger partial charge >= 0.3 is 0 Å². The van der Waals surface area contributed by atoms with E-state index in [9.17, 15) is 0 Å². The summed E-state index contributed by atoms with van der Waals surface area (Å²) in [4.78, 5) is 0. The van der Waals surface area contributed by atoms with Gasteiger partial charge in [0.15, 0.2) is 0 Å². The van der Waals surface area contributed by atoms with E-state index in [2.05, 4.69) is 36.7 Å². The Morgan fingerprint density at radius 2 is 1.70 bits per heavy atom. The zero-order valence-electron chi connectivity index (χ0n) is 16.0. The maximum Gasteiger partial charge on any atom is 0.132 e. The molecule has 0 spiro atoms. The van der Waals surface area contributed by atoms with Crippen LogP contribution in [0.3, 0.4) is 0 Å². The van der Waals surface area contributed by atoms with Crippen molar-refractivity contribution in [3.8, 4) is 5.75 Å². The molecule has 0 fully saturated rings. The van der Waals surface area contributed by atoms with Gasteiger partial charge in [0.05, 0.1) is 12.3 Å². The second kappa shape index (κ2) is 7.57. The van der Waals surface area contributed by atoms with Gasteiger partial charge in [0.1, 0.15) is 24.2 Å². The predicted octanol–water partition coefficient (Wildman–Crippen LogP) is 5.15. The van der Waals surface area contributed by atoms with Crippen LogP contribution < -0.4 is 4.74 Å². The molecule has 0 N–H and O–H groups in total. The van der Waals surface area contributed by atoms with Gasteiger partial charge in [-0.2, -0.15) is 5.10 Å². The van der Waals surface area contributed by atoms with Crippen molar-refractivity contribution in [3.05, 3.63) is 83.7 Å².